The van der Waals surface area contributed by atoms with Crippen molar-refractivity contribution in [2.75, 3.05) is 26.4 Å². The Kier molecular flexibility index (Phi) is 9.59. The van der Waals surface area contributed by atoms with E-state index in [1.807, 2.05) is 37.3 Å². The minimum absolute atomic E-state index is 0.248. The van der Waals surface area contributed by atoms with Gasteiger partial charge in [-0.1, -0.05) is 46.3 Å². The number of carbonyl (C=O) groups excluding carboxylic acids is 3. The van der Waals surface area contributed by atoms with Gasteiger partial charge < -0.3 is 14.2 Å². The highest BCUT2D eigenvalue weighted by Crippen LogP contribution is 2.38. The summed E-state index contributed by atoms with van der Waals surface area (Å²) >= 11 is 4.40. The molecular formula is C25H26BrNO6S. The molecule has 0 aromatic heterocycles. The largest absolute Gasteiger partial charge is 0.490 e. The summed E-state index contributed by atoms with van der Waals surface area (Å²) in [7, 11) is 0. The number of nitrogens with zero attached hydrogens (tertiary/aromatic N) is 1. The number of hydrogen-bond acceptors (Lipinski definition) is 7. The van der Waals surface area contributed by atoms with Gasteiger partial charge in [-0.05, 0) is 67.8 Å². The predicted octanol–water partition coefficient (Wildman–Crippen LogP) is 5.46. The van der Waals surface area contributed by atoms with Crippen LogP contribution in [0.2, 0.25) is 0 Å². The van der Waals surface area contributed by atoms with E-state index in [0.717, 1.165) is 18.2 Å². The molecule has 2 aromatic rings. The van der Waals surface area contributed by atoms with Crippen molar-refractivity contribution in [3.63, 3.8) is 0 Å². The zero-order chi connectivity index (χ0) is 24.5. The zero-order valence-electron chi connectivity index (χ0n) is 19.0. The quantitative estimate of drug-likeness (QED) is 0.273. The molecule has 1 aliphatic heterocycles. The first-order valence-corrected chi connectivity index (χ1v) is 12.6. The summed E-state index contributed by atoms with van der Waals surface area (Å²) in [5, 5.41) is -0.278. The maximum Gasteiger partial charge on any atom is 0.344 e. The number of imide groups is 1. The van der Waals surface area contributed by atoms with Gasteiger partial charge in [-0.3, -0.25) is 14.5 Å². The molecule has 34 heavy (non-hydrogen) atoms. The van der Waals surface area contributed by atoms with Gasteiger partial charge in [0.05, 0.1) is 18.1 Å². The molecule has 1 heterocycles. The van der Waals surface area contributed by atoms with E-state index in [4.69, 9.17) is 14.2 Å². The van der Waals surface area contributed by atoms with Gasteiger partial charge in [0.15, 0.2) is 18.1 Å². The summed E-state index contributed by atoms with van der Waals surface area (Å²) in [5.41, 5.74) is 1.82. The fourth-order valence-electron chi connectivity index (χ4n) is 3.30. The van der Waals surface area contributed by atoms with Crippen LogP contribution in [0.5, 0.6) is 11.5 Å². The Bertz CT molecular complexity index is 1070. The van der Waals surface area contributed by atoms with E-state index < -0.39 is 5.97 Å². The van der Waals surface area contributed by atoms with Crippen molar-refractivity contribution in [1.82, 2.24) is 4.90 Å². The van der Waals surface area contributed by atoms with E-state index in [1.165, 1.54) is 10.5 Å². The summed E-state index contributed by atoms with van der Waals surface area (Å²) in [4.78, 5) is 38.6. The van der Waals surface area contributed by atoms with Gasteiger partial charge in [0.1, 0.15) is 0 Å². The van der Waals surface area contributed by atoms with Crippen molar-refractivity contribution in [2.24, 2.45) is 0 Å². The number of benzene rings is 2. The molecule has 180 valence electrons. The van der Waals surface area contributed by atoms with Crippen molar-refractivity contribution in [3.05, 3.63) is 63.0 Å². The topological polar surface area (TPSA) is 82.1 Å². The second kappa shape index (κ2) is 12.6. The van der Waals surface area contributed by atoms with Crippen molar-refractivity contribution in [1.29, 1.82) is 0 Å². The first-order valence-electron chi connectivity index (χ1n) is 11.0. The van der Waals surface area contributed by atoms with Gasteiger partial charge in [0.2, 0.25) is 0 Å². The lowest BCUT2D eigenvalue weighted by Crippen LogP contribution is -2.29. The Morgan fingerprint density at radius 3 is 2.50 bits per heavy atom. The minimum atomic E-state index is -0.480. The SMILES string of the molecule is CCOC(=O)COc1cc(Br)c(/C=C2/SC(=O)N(CCCc3ccccc3)C2=O)cc1OCC. The predicted molar refractivity (Wildman–Crippen MR) is 135 cm³/mol. The molecular weight excluding hydrogens is 522 g/mol. The van der Waals surface area contributed by atoms with Gasteiger partial charge in [-0.2, -0.15) is 0 Å². The van der Waals surface area contributed by atoms with Crippen LogP contribution in [0.1, 0.15) is 31.4 Å². The molecule has 9 heteroatoms. The highest BCUT2D eigenvalue weighted by molar-refractivity contribution is 9.10. The van der Waals surface area contributed by atoms with Crippen LogP contribution in [-0.4, -0.2) is 48.4 Å². The molecule has 1 saturated heterocycles. The number of halogens is 1. The van der Waals surface area contributed by atoms with Crippen LogP contribution in [0.4, 0.5) is 4.79 Å². The van der Waals surface area contributed by atoms with Gasteiger partial charge in [0, 0.05) is 11.0 Å². The van der Waals surface area contributed by atoms with Crippen LogP contribution in [0.3, 0.4) is 0 Å². The van der Waals surface area contributed by atoms with E-state index in [-0.39, 0.29) is 24.4 Å². The Labute approximate surface area is 211 Å². The number of esters is 1. The number of hydrogen-bond donors (Lipinski definition) is 0. The van der Waals surface area contributed by atoms with E-state index in [2.05, 4.69) is 15.9 Å². The highest BCUT2D eigenvalue weighted by atomic mass is 79.9. The van der Waals surface area contributed by atoms with E-state index in [1.54, 1.807) is 25.1 Å². The summed E-state index contributed by atoms with van der Waals surface area (Å²) in [5.74, 6) is -0.00192. The monoisotopic (exact) mass is 547 g/mol. The molecule has 2 aromatic carbocycles. The third-order valence-corrected chi connectivity index (χ3v) is 6.46. The Morgan fingerprint density at radius 1 is 1.06 bits per heavy atom. The Morgan fingerprint density at radius 2 is 1.79 bits per heavy atom. The second-order valence-electron chi connectivity index (χ2n) is 7.27. The number of rotatable bonds is 11. The molecule has 0 bridgehead atoms. The lowest BCUT2D eigenvalue weighted by atomic mass is 10.1. The molecule has 0 spiro atoms. The van der Waals surface area contributed by atoms with Crippen LogP contribution < -0.4 is 9.47 Å². The normalized spacial score (nSPS) is 14.6. The summed E-state index contributed by atoms with van der Waals surface area (Å²) < 4.78 is 16.7. The summed E-state index contributed by atoms with van der Waals surface area (Å²) in [6, 6.07) is 13.3. The van der Waals surface area contributed by atoms with E-state index in [0.29, 0.717) is 46.0 Å². The number of aryl methyl sites for hydroxylation is 1. The lowest BCUT2D eigenvalue weighted by Gasteiger charge is -2.14. The standard InChI is InChI=1S/C25H26BrNO6S/c1-3-31-20-13-18(19(26)15-21(20)33-16-23(28)32-4-2)14-22-24(29)27(25(30)34-22)12-8-11-17-9-6-5-7-10-17/h5-7,9-10,13-15H,3-4,8,11-12,16H2,1-2H3/b22-14+. The molecule has 0 radical (unpaired) electrons. The van der Waals surface area contributed by atoms with Crippen LogP contribution in [0, 0.1) is 0 Å². The Balaban J connectivity index is 1.72. The molecule has 1 aliphatic rings. The fraction of sp³-hybridized carbons (Fsp3) is 0.320. The summed E-state index contributed by atoms with van der Waals surface area (Å²) in [6.45, 7) is 4.32. The average molecular weight is 548 g/mol. The average Bonchev–Trinajstić information content (AvgIpc) is 3.08. The third-order valence-electron chi connectivity index (χ3n) is 4.86. The van der Waals surface area contributed by atoms with Gasteiger partial charge in [-0.25, -0.2) is 4.79 Å². The Hall–Kier alpha value is -2.78. The number of amides is 2. The molecule has 2 amide bonds. The molecule has 0 unspecified atom stereocenters. The molecule has 1 fully saturated rings. The van der Waals surface area contributed by atoms with Gasteiger partial charge in [-0.15, -0.1) is 0 Å². The first kappa shape index (κ1) is 25.8. The van der Waals surface area contributed by atoms with Crippen molar-refractivity contribution >= 4 is 50.9 Å². The van der Waals surface area contributed by atoms with Crippen LogP contribution in [0.25, 0.3) is 6.08 Å². The maximum atomic E-state index is 12.9. The van der Waals surface area contributed by atoms with E-state index in [9.17, 15) is 14.4 Å². The molecule has 0 atom stereocenters. The molecule has 0 N–H and O–H groups in total. The summed E-state index contributed by atoms with van der Waals surface area (Å²) in [6.07, 6.45) is 3.14. The molecule has 3 rings (SSSR count). The molecule has 7 nitrogen and oxygen atoms in total. The van der Waals surface area contributed by atoms with Crippen molar-refractivity contribution in [2.45, 2.75) is 26.7 Å². The first-order chi connectivity index (χ1) is 16.4. The van der Waals surface area contributed by atoms with Crippen molar-refractivity contribution in [3.8, 4) is 11.5 Å². The lowest BCUT2D eigenvalue weighted by molar-refractivity contribution is -0.145. The van der Waals surface area contributed by atoms with Crippen molar-refractivity contribution < 1.29 is 28.6 Å². The number of carbonyl (C=O) groups is 3. The molecule has 0 saturated carbocycles. The highest BCUT2D eigenvalue weighted by Gasteiger charge is 2.34. The molecule has 0 aliphatic carbocycles. The van der Waals surface area contributed by atoms with Crippen LogP contribution >= 0.6 is 27.7 Å². The third kappa shape index (κ3) is 6.87. The minimum Gasteiger partial charge on any atom is -0.490 e. The maximum absolute atomic E-state index is 12.9. The smallest absolute Gasteiger partial charge is 0.344 e. The van der Waals surface area contributed by atoms with E-state index >= 15 is 0 Å². The second-order valence-corrected chi connectivity index (χ2v) is 9.12. The fourth-order valence-corrected chi connectivity index (χ4v) is 4.59. The van der Waals surface area contributed by atoms with Gasteiger partial charge in [0.25, 0.3) is 11.1 Å². The van der Waals surface area contributed by atoms with Crippen LogP contribution in [-0.2, 0) is 20.7 Å². The zero-order valence-corrected chi connectivity index (χ0v) is 21.4. The number of thioether (sulfide) groups is 1. The van der Waals surface area contributed by atoms with Gasteiger partial charge >= 0.3 is 5.97 Å². The van der Waals surface area contributed by atoms with Crippen LogP contribution in [0.15, 0.2) is 51.8 Å². The number of ether oxygens (including phenoxy) is 3.